The molecule has 0 aromatic rings. The Bertz CT molecular complexity index is 486. The second-order valence-electron chi connectivity index (χ2n) is 5.95. The second kappa shape index (κ2) is 11.7. The van der Waals surface area contributed by atoms with Gasteiger partial charge in [-0.2, -0.15) is 11.8 Å². The van der Waals surface area contributed by atoms with Gasteiger partial charge in [0.05, 0.1) is 6.04 Å². The van der Waals surface area contributed by atoms with E-state index in [0.29, 0.717) is 12.2 Å². The summed E-state index contributed by atoms with van der Waals surface area (Å²) in [7, 11) is 0. The molecule has 0 rings (SSSR count). The van der Waals surface area contributed by atoms with Crippen molar-refractivity contribution in [2.75, 3.05) is 12.0 Å². The average Bonchev–Trinajstić information content (AvgIpc) is 2.52. The van der Waals surface area contributed by atoms with Crippen LogP contribution in [0.1, 0.15) is 33.1 Å². The van der Waals surface area contributed by atoms with Gasteiger partial charge in [-0.25, -0.2) is 4.79 Å². The quantitative estimate of drug-likeness (QED) is 0.308. The normalized spacial score (nSPS) is 14.4. The van der Waals surface area contributed by atoms with Gasteiger partial charge in [0.1, 0.15) is 12.1 Å². The lowest BCUT2D eigenvalue weighted by Gasteiger charge is -2.25. The van der Waals surface area contributed by atoms with E-state index in [4.69, 9.17) is 15.9 Å². The summed E-state index contributed by atoms with van der Waals surface area (Å²) < 4.78 is 0. The molecule has 0 spiro atoms. The first kappa shape index (κ1) is 23.2. The van der Waals surface area contributed by atoms with Gasteiger partial charge in [-0.3, -0.25) is 14.4 Å². The largest absolute Gasteiger partial charge is 0.481 e. The highest BCUT2D eigenvalue weighted by Gasteiger charge is 2.30. The third kappa shape index (κ3) is 9.30. The molecule has 0 saturated heterocycles. The number of carbonyl (C=O) groups is 4. The predicted octanol–water partition coefficient (Wildman–Crippen LogP) is -0.358. The number of thioether (sulfide) groups is 1. The Hall–Kier alpha value is -1.81. The van der Waals surface area contributed by atoms with Crippen molar-refractivity contribution in [3.8, 4) is 0 Å². The van der Waals surface area contributed by atoms with Gasteiger partial charge in [0.25, 0.3) is 0 Å². The minimum Gasteiger partial charge on any atom is -0.481 e. The van der Waals surface area contributed by atoms with E-state index < -0.39 is 48.3 Å². The summed E-state index contributed by atoms with van der Waals surface area (Å²) in [4.78, 5) is 46.2. The number of carboxylic acids is 2. The summed E-state index contributed by atoms with van der Waals surface area (Å²) in [5.41, 5.74) is 5.77. The molecule has 9 nitrogen and oxygen atoms in total. The Kier molecular flexibility index (Phi) is 10.8. The maximum Gasteiger partial charge on any atom is 0.326 e. The van der Waals surface area contributed by atoms with Crippen LogP contribution in [-0.4, -0.2) is 64.1 Å². The van der Waals surface area contributed by atoms with Gasteiger partial charge in [-0.15, -0.1) is 0 Å². The molecule has 0 aliphatic heterocycles. The van der Waals surface area contributed by atoms with E-state index >= 15 is 0 Å². The fourth-order valence-corrected chi connectivity index (χ4v) is 2.45. The van der Waals surface area contributed by atoms with Crippen LogP contribution in [-0.2, 0) is 19.2 Å². The van der Waals surface area contributed by atoms with E-state index in [1.165, 1.54) is 0 Å². The number of hydrogen-bond donors (Lipinski definition) is 5. The SMILES string of the molecule is CSCCC(N)C(=O)NC(C(=O)NC(CCC(=O)O)C(=O)O)C(C)C. The maximum atomic E-state index is 12.3. The van der Waals surface area contributed by atoms with Crippen LogP contribution >= 0.6 is 11.8 Å². The smallest absolute Gasteiger partial charge is 0.326 e. The minimum absolute atomic E-state index is 0.248. The number of aliphatic carboxylic acids is 2. The molecule has 0 saturated carbocycles. The Morgan fingerprint density at radius 3 is 2.08 bits per heavy atom. The molecule has 3 atom stereocenters. The molecule has 6 N–H and O–H groups in total. The molecular weight excluding hydrogens is 350 g/mol. The number of amides is 2. The first-order chi connectivity index (χ1) is 11.6. The van der Waals surface area contributed by atoms with Gasteiger partial charge in [-0.1, -0.05) is 13.8 Å². The Balaban J connectivity index is 4.88. The number of carbonyl (C=O) groups excluding carboxylic acids is 2. The van der Waals surface area contributed by atoms with Crippen LogP contribution in [0.2, 0.25) is 0 Å². The van der Waals surface area contributed by atoms with Crippen LogP contribution in [0.4, 0.5) is 0 Å². The molecule has 0 aromatic carbocycles. The summed E-state index contributed by atoms with van der Waals surface area (Å²) >= 11 is 1.55. The van der Waals surface area contributed by atoms with Crippen molar-refractivity contribution in [1.29, 1.82) is 0 Å². The minimum atomic E-state index is -1.34. The zero-order chi connectivity index (χ0) is 19.6. The molecule has 0 aliphatic rings. The lowest BCUT2D eigenvalue weighted by atomic mass is 10.0. The second-order valence-corrected chi connectivity index (χ2v) is 6.94. The van der Waals surface area contributed by atoms with Crippen molar-refractivity contribution < 1.29 is 29.4 Å². The summed E-state index contributed by atoms with van der Waals surface area (Å²) in [6, 6.07) is -3.06. The number of carboxylic acid groups (broad SMARTS) is 2. The topological polar surface area (TPSA) is 159 Å². The van der Waals surface area contributed by atoms with Crippen LogP contribution in [0.25, 0.3) is 0 Å². The molecule has 0 fully saturated rings. The van der Waals surface area contributed by atoms with Gasteiger partial charge in [0.2, 0.25) is 11.8 Å². The molecule has 25 heavy (non-hydrogen) atoms. The fraction of sp³-hybridized carbons (Fsp3) is 0.733. The zero-order valence-electron chi connectivity index (χ0n) is 14.7. The van der Waals surface area contributed by atoms with E-state index in [9.17, 15) is 19.2 Å². The molecule has 0 radical (unpaired) electrons. The van der Waals surface area contributed by atoms with Crippen molar-refractivity contribution >= 4 is 35.5 Å². The number of nitrogens with one attached hydrogen (secondary N) is 2. The van der Waals surface area contributed by atoms with E-state index in [1.54, 1.807) is 25.6 Å². The van der Waals surface area contributed by atoms with Gasteiger partial charge >= 0.3 is 11.9 Å². The van der Waals surface area contributed by atoms with Crippen LogP contribution < -0.4 is 16.4 Å². The average molecular weight is 377 g/mol. The van der Waals surface area contributed by atoms with E-state index in [-0.39, 0.29) is 12.3 Å². The maximum absolute atomic E-state index is 12.3. The highest BCUT2D eigenvalue weighted by Crippen LogP contribution is 2.06. The first-order valence-electron chi connectivity index (χ1n) is 7.90. The van der Waals surface area contributed by atoms with Crippen molar-refractivity contribution in [1.82, 2.24) is 10.6 Å². The van der Waals surface area contributed by atoms with E-state index in [2.05, 4.69) is 10.6 Å². The summed E-state index contributed by atoms with van der Waals surface area (Å²) in [5.74, 6) is -3.26. The molecular formula is C15H27N3O6S. The van der Waals surface area contributed by atoms with Crippen LogP contribution in [0, 0.1) is 5.92 Å². The zero-order valence-corrected chi connectivity index (χ0v) is 15.5. The summed E-state index contributed by atoms with van der Waals surface area (Å²) in [6.07, 6.45) is 1.70. The van der Waals surface area contributed by atoms with Crippen molar-refractivity contribution in [3.05, 3.63) is 0 Å². The summed E-state index contributed by atoms with van der Waals surface area (Å²) in [5, 5.41) is 22.6. The standard InChI is InChI=1S/C15H27N3O6S/c1-8(2)12(18-13(21)9(16)6-7-25-3)14(22)17-10(15(23)24)4-5-11(19)20/h8-10,12H,4-7,16H2,1-3H3,(H,17,22)(H,18,21)(H,19,20)(H,23,24). The molecule has 0 aliphatic carbocycles. The Morgan fingerprint density at radius 1 is 1.04 bits per heavy atom. The van der Waals surface area contributed by atoms with Crippen LogP contribution in [0.3, 0.4) is 0 Å². The highest BCUT2D eigenvalue weighted by molar-refractivity contribution is 7.98. The lowest BCUT2D eigenvalue weighted by Crippen LogP contribution is -2.56. The first-order valence-corrected chi connectivity index (χ1v) is 9.29. The molecule has 0 heterocycles. The number of rotatable bonds is 12. The van der Waals surface area contributed by atoms with Gasteiger partial charge in [0.15, 0.2) is 0 Å². The van der Waals surface area contributed by atoms with Crippen molar-refractivity contribution in [3.63, 3.8) is 0 Å². The molecule has 10 heteroatoms. The van der Waals surface area contributed by atoms with Gasteiger partial charge < -0.3 is 26.6 Å². The molecule has 144 valence electrons. The Morgan fingerprint density at radius 2 is 1.64 bits per heavy atom. The molecule has 2 amide bonds. The van der Waals surface area contributed by atoms with Gasteiger partial charge in [-0.05, 0) is 30.8 Å². The van der Waals surface area contributed by atoms with Gasteiger partial charge in [0, 0.05) is 6.42 Å². The molecule has 3 unspecified atom stereocenters. The summed E-state index contributed by atoms with van der Waals surface area (Å²) in [6.45, 7) is 3.40. The van der Waals surface area contributed by atoms with Crippen LogP contribution in [0.15, 0.2) is 0 Å². The molecule has 0 aromatic heterocycles. The van der Waals surface area contributed by atoms with E-state index in [1.807, 2.05) is 6.26 Å². The lowest BCUT2D eigenvalue weighted by molar-refractivity contribution is -0.143. The number of hydrogen-bond acceptors (Lipinski definition) is 6. The third-order valence-electron chi connectivity index (χ3n) is 3.48. The monoisotopic (exact) mass is 377 g/mol. The predicted molar refractivity (Wildman–Crippen MR) is 94.2 cm³/mol. The number of nitrogens with two attached hydrogens (primary N) is 1. The third-order valence-corrected chi connectivity index (χ3v) is 4.12. The highest BCUT2D eigenvalue weighted by atomic mass is 32.2. The molecule has 0 bridgehead atoms. The van der Waals surface area contributed by atoms with Crippen molar-refractivity contribution in [2.24, 2.45) is 11.7 Å². The van der Waals surface area contributed by atoms with E-state index in [0.717, 1.165) is 0 Å². The fourth-order valence-electron chi connectivity index (χ4n) is 1.96. The van der Waals surface area contributed by atoms with Crippen LogP contribution in [0.5, 0.6) is 0 Å². The Labute approximate surface area is 151 Å². The van der Waals surface area contributed by atoms with Crippen molar-refractivity contribution in [2.45, 2.75) is 51.2 Å².